The first-order chi connectivity index (χ1) is 9.08. The Morgan fingerprint density at radius 1 is 1.05 bits per heavy atom. The highest BCUT2D eigenvalue weighted by Gasteiger charge is 2.15. The summed E-state index contributed by atoms with van der Waals surface area (Å²) in [6, 6.07) is 9.34. The molecule has 98 valence electrons. The van der Waals surface area contributed by atoms with Crippen LogP contribution in [-0.4, -0.2) is 15.1 Å². The second-order valence-corrected chi connectivity index (χ2v) is 4.52. The lowest BCUT2D eigenvalue weighted by Gasteiger charge is -2.09. The van der Waals surface area contributed by atoms with Crippen molar-refractivity contribution >= 4 is 11.4 Å². The third kappa shape index (κ3) is 3.13. The predicted molar refractivity (Wildman–Crippen MR) is 73.1 cm³/mol. The number of aromatic nitrogens is 2. The summed E-state index contributed by atoms with van der Waals surface area (Å²) in [5, 5.41) is 18.1. The quantitative estimate of drug-likeness (QED) is 0.843. The summed E-state index contributed by atoms with van der Waals surface area (Å²) < 4.78 is 0. The average Bonchev–Trinajstić information content (AvgIpc) is 2.38. The molecule has 1 heterocycles. The smallest absolute Gasteiger partial charge is 0.243 e. The van der Waals surface area contributed by atoms with E-state index < -0.39 is 0 Å². The summed E-state index contributed by atoms with van der Waals surface area (Å²) in [4.78, 5) is 8.24. The van der Waals surface area contributed by atoms with Crippen LogP contribution in [-0.2, 0) is 0 Å². The van der Waals surface area contributed by atoms with E-state index in [4.69, 9.17) is 0 Å². The van der Waals surface area contributed by atoms with Crippen LogP contribution in [0, 0.1) is 6.92 Å². The van der Waals surface area contributed by atoms with Gasteiger partial charge in [-0.1, -0.05) is 32.0 Å². The highest BCUT2D eigenvalue weighted by Crippen LogP contribution is 2.33. The molecule has 0 spiro atoms. The Bertz CT molecular complexity index is 594. The molecule has 1 aromatic carbocycles. The maximum Gasteiger partial charge on any atom is 0.243 e. The number of hydrogen-bond donors (Lipinski definition) is 1. The van der Waals surface area contributed by atoms with E-state index in [1.807, 2.05) is 44.2 Å². The molecular weight excluding hydrogens is 240 g/mol. The van der Waals surface area contributed by atoms with E-state index in [1.54, 1.807) is 6.92 Å². The van der Waals surface area contributed by atoms with E-state index in [0.29, 0.717) is 17.2 Å². The van der Waals surface area contributed by atoms with Crippen molar-refractivity contribution in [3.05, 3.63) is 41.9 Å². The first-order valence-electron chi connectivity index (χ1n) is 6.12. The average molecular weight is 256 g/mol. The van der Waals surface area contributed by atoms with Crippen molar-refractivity contribution in [2.75, 3.05) is 0 Å². The van der Waals surface area contributed by atoms with Gasteiger partial charge >= 0.3 is 0 Å². The van der Waals surface area contributed by atoms with E-state index in [1.165, 1.54) is 0 Å². The van der Waals surface area contributed by atoms with Gasteiger partial charge in [0.15, 0.2) is 5.69 Å². The highest BCUT2D eigenvalue weighted by molar-refractivity contribution is 5.52. The number of aromatic hydroxyl groups is 1. The van der Waals surface area contributed by atoms with Crippen molar-refractivity contribution in [1.29, 1.82) is 0 Å². The molecule has 19 heavy (non-hydrogen) atoms. The molecule has 0 unspecified atom stereocenters. The molecule has 0 amide bonds. The third-order valence-corrected chi connectivity index (χ3v) is 2.57. The molecule has 0 saturated heterocycles. The normalized spacial score (nSPS) is 11.4. The minimum Gasteiger partial charge on any atom is -0.492 e. The Balaban J connectivity index is 2.42. The van der Waals surface area contributed by atoms with Gasteiger partial charge < -0.3 is 5.11 Å². The zero-order valence-corrected chi connectivity index (χ0v) is 11.2. The zero-order chi connectivity index (χ0) is 13.8. The highest BCUT2D eigenvalue weighted by atomic mass is 16.3. The van der Waals surface area contributed by atoms with Gasteiger partial charge in [0.2, 0.25) is 5.88 Å². The van der Waals surface area contributed by atoms with Crippen molar-refractivity contribution in [3.8, 4) is 5.88 Å². The summed E-state index contributed by atoms with van der Waals surface area (Å²) in [6.07, 6.45) is 0. The van der Waals surface area contributed by atoms with Crippen LogP contribution in [0.2, 0.25) is 0 Å². The summed E-state index contributed by atoms with van der Waals surface area (Å²) in [6.45, 7) is 5.72. The Kier molecular flexibility index (Phi) is 3.85. The van der Waals surface area contributed by atoms with E-state index in [9.17, 15) is 5.11 Å². The fourth-order valence-corrected chi connectivity index (χ4v) is 1.67. The first kappa shape index (κ1) is 13.1. The molecule has 0 fully saturated rings. The largest absolute Gasteiger partial charge is 0.492 e. The molecular formula is C14H16N4O. The molecule has 0 aliphatic heterocycles. The Morgan fingerprint density at radius 2 is 1.74 bits per heavy atom. The standard InChI is InChI=1S/C14H16N4O/c1-9(2)12-13(14(19)16-10(3)15-12)18-17-11-7-5-4-6-8-11/h4-9H,1-3H3,(H,15,16,19)/b18-17+. The van der Waals surface area contributed by atoms with Crippen LogP contribution in [0.3, 0.4) is 0 Å². The van der Waals surface area contributed by atoms with Gasteiger partial charge in [-0.05, 0) is 25.0 Å². The monoisotopic (exact) mass is 256 g/mol. The van der Waals surface area contributed by atoms with Crippen LogP contribution >= 0.6 is 0 Å². The molecule has 1 N–H and O–H groups in total. The molecule has 5 nitrogen and oxygen atoms in total. The van der Waals surface area contributed by atoms with E-state index >= 15 is 0 Å². The van der Waals surface area contributed by atoms with Gasteiger partial charge in [-0.15, -0.1) is 5.11 Å². The van der Waals surface area contributed by atoms with Crippen LogP contribution in [0.25, 0.3) is 0 Å². The Morgan fingerprint density at radius 3 is 2.37 bits per heavy atom. The van der Waals surface area contributed by atoms with Crippen LogP contribution in [0.1, 0.15) is 31.3 Å². The Hall–Kier alpha value is -2.30. The zero-order valence-electron chi connectivity index (χ0n) is 11.2. The molecule has 1 aromatic heterocycles. The maximum atomic E-state index is 9.89. The molecule has 0 saturated carbocycles. The lowest BCUT2D eigenvalue weighted by Crippen LogP contribution is -1.98. The van der Waals surface area contributed by atoms with Crippen LogP contribution in [0.4, 0.5) is 11.4 Å². The van der Waals surface area contributed by atoms with Crippen LogP contribution in [0.15, 0.2) is 40.6 Å². The minimum absolute atomic E-state index is 0.129. The lowest BCUT2D eigenvalue weighted by atomic mass is 10.1. The van der Waals surface area contributed by atoms with Crippen LogP contribution < -0.4 is 0 Å². The van der Waals surface area contributed by atoms with E-state index in [2.05, 4.69) is 20.2 Å². The Labute approximate surface area is 112 Å². The number of aryl methyl sites for hydroxylation is 1. The molecule has 0 atom stereocenters. The molecule has 0 radical (unpaired) electrons. The van der Waals surface area contributed by atoms with Crippen molar-refractivity contribution in [2.24, 2.45) is 10.2 Å². The van der Waals surface area contributed by atoms with Crippen LogP contribution in [0.5, 0.6) is 5.88 Å². The van der Waals surface area contributed by atoms with Gasteiger partial charge in [0.1, 0.15) is 5.82 Å². The van der Waals surface area contributed by atoms with Gasteiger partial charge in [0.25, 0.3) is 0 Å². The molecule has 2 rings (SSSR count). The summed E-state index contributed by atoms with van der Waals surface area (Å²) in [7, 11) is 0. The first-order valence-corrected chi connectivity index (χ1v) is 6.12. The van der Waals surface area contributed by atoms with Gasteiger partial charge in [-0.2, -0.15) is 10.1 Å². The fourth-order valence-electron chi connectivity index (χ4n) is 1.67. The van der Waals surface area contributed by atoms with Gasteiger partial charge in [0, 0.05) is 0 Å². The van der Waals surface area contributed by atoms with Crippen molar-refractivity contribution in [3.63, 3.8) is 0 Å². The number of hydrogen-bond acceptors (Lipinski definition) is 5. The molecule has 2 aromatic rings. The third-order valence-electron chi connectivity index (χ3n) is 2.57. The van der Waals surface area contributed by atoms with Crippen molar-refractivity contribution < 1.29 is 5.11 Å². The van der Waals surface area contributed by atoms with Gasteiger partial charge in [0.05, 0.1) is 11.4 Å². The second kappa shape index (κ2) is 5.56. The minimum atomic E-state index is -0.129. The molecule has 0 aliphatic rings. The van der Waals surface area contributed by atoms with E-state index in [0.717, 1.165) is 5.69 Å². The number of rotatable bonds is 3. The molecule has 0 bridgehead atoms. The van der Waals surface area contributed by atoms with Crippen molar-refractivity contribution in [1.82, 2.24) is 9.97 Å². The number of nitrogens with zero attached hydrogens (tertiary/aromatic N) is 4. The summed E-state index contributed by atoms with van der Waals surface area (Å²) >= 11 is 0. The number of azo groups is 1. The predicted octanol–water partition coefficient (Wildman–Crippen LogP) is 4.03. The SMILES string of the molecule is Cc1nc(O)c(/N=N/c2ccccc2)c(C(C)C)n1. The molecule has 0 aliphatic carbocycles. The number of benzene rings is 1. The van der Waals surface area contributed by atoms with Gasteiger partial charge in [-0.25, -0.2) is 4.98 Å². The fraction of sp³-hybridized carbons (Fsp3) is 0.286. The topological polar surface area (TPSA) is 70.7 Å². The maximum absolute atomic E-state index is 9.89. The van der Waals surface area contributed by atoms with E-state index in [-0.39, 0.29) is 11.8 Å². The second-order valence-electron chi connectivity index (χ2n) is 4.52. The molecule has 5 heteroatoms. The summed E-state index contributed by atoms with van der Waals surface area (Å²) in [5.41, 5.74) is 1.76. The summed E-state index contributed by atoms with van der Waals surface area (Å²) in [5.74, 6) is 0.535. The van der Waals surface area contributed by atoms with Crippen molar-refractivity contribution in [2.45, 2.75) is 26.7 Å². The lowest BCUT2D eigenvalue weighted by molar-refractivity contribution is 0.449. The van der Waals surface area contributed by atoms with Gasteiger partial charge in [-0.3, -0.25) is 0 Å².